The van der Waals surface area contributed by atoms with Crippen LogP contribution in [0.2, 0.25) is 0 Å². The summed E-state index contributed by atoms with van der Waals surface area (Å²) in [5.41, 5.74) is 0.145. The van der Waals surface area contributed by atoms with Gasteiger partial charge < -0.3 is 9.05 Å². The molecule has 0 radical (unpaired) electrons. The molecule has 1 rings (SSSR count). The second-order valence-electron chi connectivity index (χ2n) is 2.78. The third-order valence-corrected chi connectivity index (χ3v) is 3.57. The number of carbonyl (C=O) groups excluding carboxylic acids is 1. The van der Waals surface area contributed by atoms with E-state index in [2.05, 4.69) is 19.2 Å². The highest BCUT2D eigenvalue weighted by molar-refractivity contribution is 7.54. The van der Waals surface area contributed by atoms with Gasteiger partial charge in [0.05, 0.1) is 6.20 Å². The van der Waals surface area contributed by atoms with Crippen LogP contribution in [-0.2, 0) is 20.7 Å². The molecule has 8 heteroatoms. The number of carbonyl (C=O) groups is 1. The molecule has 0 N–H and O–H groups in total. The predicted octanol–water partition coefficient (Wildman–Crippen LogP) is 0.484. The summed E-state index contributed by atoms with van der Waals surface area (Å²) in [4.78, 5) is 12.8. The van der Waals surface area contributed by atoms with Crippen molar-refractivity contribution in [3.63, 3.8) is 0 Å². The monoisotopic (exact) mass is 233 g/mol. The van der Waals surface area contributed by atoms with Gasteiger partial charge in [0.2, 0.25) is 0 Å². The zero-order chi connectivity index (χ0) is 11.5. The molecule has 0 amide bonds. The first-order chi connectivity index (χ1) is 7.00. The minimum absolute atomic E-state index is 0.145. The van der Waals surface area contributed by atoms with Gasteiger partial charge in [-0.15, -0.1) is 0 Å². The van der Waals surface area contributed by atoms with E-state index in [1.54, 1.807) is 7.05 Å². The van der Waals surface area contributed by atoms with Gasteiger partial charge in [0, 0.05) is 21.3 Å². The predicted molar refractivity (Wildman–Crippen MR) is 51.8 cm³/mol. The highest BCUT2D eigenvalue weighted by atomic mass is 31.2. The first-order valence-electron chi connectivity index (χ1n) is 4.11. The van der Waals surface area contributed by atoms with Gasteiger partial charge >= 0.3 is 7.60 Å². The molecule has 0 aliphatic carbocycles. The zero-order valence-electron chi connectivity index (χ0n) is 8.71. The minimum Gasteiger partial charge on any atom is -0.312 e. The Morgan fingerprint density at radius 1 is 1.53 bits per heavy atom. The third-order valence-electron chi connectivity index (χ3n) is 1.78. The lowest BCUT2D eigenvalue weighted by Crippen LogP contribution is -2.09. The quantitative estimate of drug-likeness (QED) is 0.543. The lowest BCUT2D eigenvalue weighted by molar-refractivity contribution is 0.100. The first kappa shape index (κ1) is 12.0. The van der Waals surface area contributed by atoms with Crippen LogP contribution < -0.4 is 0 Å². The number of nitrogens with zero attached hydrogens (tertiary/aromatic N) is 3. The number of aromatic nitrogens is 3. The van der Waals surface area contributed by atoms with Gasteiger partial charge in [-0.2, -0.15) is 15.0 Å². The van der Waals surface area contributed by atoms with Crippen molar-refractivity contribution in [1.82, 2.24) is 15.0 Å². The molecule has 0 spiro atoms. The number of aryl methyl sites for hydroxylation is 1. The second-order valence-corrected chi connectivity index (χ2v) is 5.04. The Morgan fingerprint density at radius 2 is 2.13 bits per heavy atom. The number of ketones is 1. The van der Waals surface area contributed by atoms with Crippen LogP contribution in [0.15, 0.2) is 6.20 Å². The van der Waals surface area contributed by atoms with Gasteiger partial charge in [-0.1, -0.05) is 0 Å². The Morgan fingerprint density at radius 3 is 2.53 bits per heavy atom. The molecule has 0 saturated carbocycles. The van der Waals surface area contributed by atoms with Crippen LogP contribution in [0.4, 0.5) is 0 Å². The van der Waals surface area contributed by atoms with Crippen molar-refractivity contribution >= 4 is 13.4 Å². The Kier molecular flexibility index (Phi) is 3.73. The molecule has 0 fully saturated rings. The van der Waals surface area contributed by atoms with Crippen molar-refractivity contribution in [2.75, 3.05) is 20.4 Å². The van der Waals surface area contributed by atoms with E-state index < -0.39 is 13.4 Å². The van der Waals surface area contributed by atoms with Gasteiger partial charge in [0.15, 0.2) is 5.78 Å². The Hall–Kier alpha value is -1.04. The fourth-order valence-corrected chi connectivity index (χ4v) is 1.86. The largest absolute Gasteiger partial charge is 0.337 e. The van der Waals surface area contributed by atoms with Gasteiger partial charge in [-0.25, -0.2) is 0 Å². The van der Waals surface area contributed by atoms with E-state index in [0.717, 1.165) is 0 Å². The van der Waals surface area contributed by atoms with E-state index >= 15 is 0 Å². The van der Waals surface area contributed by atoms with Crippen molar-refractivity contribution in [2.24, 2.45) is 7.05 Å². The summed E-state index contributed by atoms with van der Waals surface area (Å²) in [5.74, 6) is -0.421. The Balaban J connectivity index is 2.75. The number of hydrogen-bond donors (Lipinski definition) is 0. The van der Waals surface area contributed by atoms with Crippen molar-refractivity contribution in [1.29, 1.82) is 0 Å². The SMILES string of the molecule is COP(=O)(CC(=O)c1cnn(C)n1)OC. The first-order valence-corrected chi connectivity index (χ1v) is 5.83. The van der Waals surface area contributed by atoms with Crippen LogP contribution in [-0.4, -0.2) is 41.2 Å². The summed E-state index contributed by atoms with van der Waals surface area (Å²) in [6, 6.07) is 0. The maximum Gasteiger partial charge on any atom is 0.337 e. The Bertz CT molecular complexity index is 395. The van der Waals surface area contributed by atoms with Gasteiger partial charge in [-0.3, -0.25) is 9.36 Å². The average Bonchev–Trinajstić information content (AvgIpc) is 2.65. The molecule has 0 saturated heterocycles. The molecule has 1 aromatic rings. The summed E-state index contributed by atoms with van der Waals surface area (Å²) in [7, 11) is 0.727. The van der Waals surface area contributed by atoms with E-state index in [1.807, 2.05) is 0 Å². The third kappa shape index (κ3) is 2.95. The molecular formula is C7H12N3O4P. The zero-order valence-corrected chi connectivity index (χ0v) is 9.60. The highest BCUT2D eigenvalue weighted by Gasteiger charge is 2.27. The van der Waals surface area contributed by atoms with Crippen molar-refractivity contribution in [3.05, 3.63) is 11.9 Å². The van der Waals surface area contributed by atoms with Gasteiger partial charge in [0.1, 0.15) is 11.9 Å². The Labute approximate surface area is 86.9 Å². The highest BCUT2D eigenvalue weighted by Crippen LogP contribution is 2.46. The van der Waals surface area contributed by atoms with E-state index in [0.29, 0.717) is 0 Å². The molecule has 0 aromatic carbocycles. The van der Waals surface area contributed by atoms with E-state index in [9.17, 15) is 9.36 Å². The average molecular weight is 233 g/mol. The van der Waals surface area contributed by atoms with Crippen LogP contribution in [0.1, 0.15) is 10.5 Å². The summed E-state index contributed by atoms with van der Waals surface area (Å²) < 4.78 is 20.9. The van der Waals surface area contributed by atoms with Crippen molar-refractivity contribution in [2.45, 2.75) is 0 Å². The number of hydrogen-bond acceptors (Lipinski definition) is 6. The van der Waals surface area contributed by atoms with E-state index in [-0.39, 0.29) is 11.9 Å². The molecule has 0 aliphatic heterocycles. The van der Waals surface area contributed by atoms with Crippen molar-refractivity contribution < 1.29 is 18.4 Å². The smallest absolute Gasteiger partial charge is 0.312 e. The molecule has 15 heavy (non-hydrogen) atoms. The van der Waals surface area contributed by atoms with Gasteiger partial charge in [0.25, 0.3) is 0 Å². The van der Waals surface area contributed by atoms with Crippen molar-refractivity contribution in [3.8, 4) is 0 Å². The van der Waals surface area contributed by atoms with Crippen LogP contribution in [0.5, 0.6) is 0 Å². The lowest BCUT2D eigenvalue weighted by atomic mass is 10.3. The van der Waals surface area contributed by atoms with Crippen LogP contribution in [0, 0.1) is 0 Å². The van der Waals surface area contributed by atoms with Crippen LogP contribution >= 0.6 is 7.60 Å². The molecular weight excluding hydrogens is 221 g/mol. The van der Waals surface area contributed by atoms with E-state index in [1.165, 1.54) is 25.2 Å². The van der Waals surface area contributed by atoms with Gasteiger partial charge in [-0.05, 0) is 0 Å². The van der Waals surface area contributed by atoms with Crippen LogP contribution in [0.25, 0.3) is 0 Å². The number of Topliss-reactive ketones (excluding diaryl/α,β-unsaturated/α-hetero) is 1. The minimum atomic E-state index is -3.32. The fraction of sp³-hybridized carbons (Fsp3) is 0.571. The molecule has 0 aliphatic rings. The normalized spacial score (nSPS) is 11.7. The number of rotatable bonds is 5. The molecule has 1 heterocycles. The molecule has 84 valence electrons. The molecule has 0 unspecified atom stereocenters. The lowest BCUT2D eigenvalue weighted by Gasteiger charge is -2.11. The second kappa shape index (κ2) is 4.65. The maximum absolute atomic E-state index is 11.6. The molecule has 7 nitrogen and oxygen atoms in total. The van der Waals surface area contributed by atoms with E-state index in [4.69, 9.17) is 0 Å². The maximum atomic E-state index is 11.6. The van der Waals surface area contributed by atoms with Crippen LogP contribution in [0.3, 0.4) is 0 Å². The standard InChI is InChI=1S/C7H12N3O4P/c1-10-8-4-6(9-10)7(11)5-15(12,13-2)14-3/h4H,5H2,1-3H3. The summed E-state index contributed by atoms with van der Waals surface area (Å²) in [5, 5.41) is 7.52. The summed E-state index contributed by atoms with van der Waals surface area (Å²) in [6.07, 6.45) is 0.969. The molecule has 0 bridgehead atoms. The fourth-order valence-electron chi connectivity index (χ4n) is 0.934. The molecule has 1 aromatic heterocycles. The summed E-state index contributed by atoms with van der Waals surface area (Å²) in [6.45, 7) is 0. The summed E-state index contributed by atoms with van der Waals surface area (Å²) >= 11 is 0. The topological polar surface area (TPSA) is 83.3 Å². The molecule has 0 atom stereocenters.